The molecule has 0 unspecified atom stereocenters. The number of hydrogen-bond acceptors (Lipinski definition) is 5. The van der Waals surface area contributed by atoms with E-state index in [1.165, 1.54) is 0 Å². The molecule has 0 aliphatic heterocycles. The SMILES string of the molecule is CCO.Cc1oc(=O)oc1CO. The Balaban J connectivity index is 0.000000354. The van der Waals surface area contributed by atoms with Gasteiger partial charge in [-0.1, -0.05) is 0 Å². The zero-order valence-electron chi connectivity index (χ0n) is 7.03. The zero-order valence-corrected chi connectivity index (χ0v) is 7.03. The van der Waals surface area contributed by atoms with Crippen molar-refractivity contribution in [1.82, 2.24) is 0 Å². The third-order valence-corrected chi connectivity index (χ3v) is 0.979. The smallest absolute Gasteiger partial charge is 0.397 e. The molecule has 70 valence electrons. The first-order chi connectivity index (χ1) is 5.65. The Bertz CT molecular complexity index is 259. The van der Waals surface area contributed by atoms with Gasteiger partial charge in [-0.2, -0.15) is 0 Å². The second kappa shape index (κ2) is 5.56. The predicted octanol–water partition coefficient (Wildman–Crippen LogP) is 0.0321. The van der Waals surface area contributed by atoms with Crippen LogP contribution >= 0.6 is 0 Å². The van der Waals surface area contributed by atoms with Gasteiger partial charge in [0.15, 0.2) is 5.76 Å². The van der Waals surface area contributed by atoms with Crippen molar-refractivity contribution in [3.63, 3.8) is 0 Å². The molecule has 5 nitrogen and oxygen atoms in total. The van der Waals surface area contributed by atoms with Crippen LogP contribution in [0.2, 0.25) is 0 Å². The number of hydrogen-bond donors (Lipinski definition) is 2. The summed E-state index contributed by atoms with van der Waals surface area (Å²) in [7, 11) is 0. The van der Waals surface area contributed by atoms with Gasteiger partial charge in [-0.05, 0) is 13.8 Å². The molecule has 0 bridgehead atoms. The number of aliphatic hydroxyl groups excluding tert-OH is 2. The highest BCUT2D eigenvalue weighted by Gasteiger charge is 2.04. The third-order valence-electron chi connectivity index (χ3n) is 0.979. The van der Waals surface area contributed by atoms with E-state index in [2.05, 4.69) is 8.83 Å². The summed E-state index contributed by atoms with van der Waals surface area (Å²) < 4.78 is 8.81. The number of rotatable bonds is 1. The summed E-state index contributed by atoms with van der Waals surface area (Å²) in [5.74, 6) is -0.237. The minimum absolute atomic E-state index is 0.194. The zero-order chi connectivity index (χ0) is 9.56. The van der Waals surface area contributed by atoms with E-state index in [0.29, 0.717) is 5.76 Å². The summed E-state index contributed by atoms with van der Waals surface area (Å²) in [5, 5.41) is 16.0. The second-order valence-electron chi connectivity index (χ2n) is 1.91. The maximum Gasteiger partial charge on any atom is 0.519 e. The highest BCUT2D eigenvalue weighted by atomic mass is 16.6. The van der Waals surface area contributed by atoms with Crippen molar-refractivity contribution in [2.45, 2.75) is 20.5 Å². The second-order valence-corrected chi connectivity index (χ2v) is 1.91. The maximum atomic E-state index is 10.2. The molecule has 0 amide bonds. The molecule has 0 aliphatic carbocycles. The Hall–Kier alpha value is -1.07. The summed E-state index contributed by atoms with van der Waals surface area (Å²) in [4.78, 5) is 10.2. The van der Waals surface area contributed by atoms with E-state index in [1.807, 2.05) is 0 Å². The van der Waals surface area contributed by atoms with Crippen LogP contribution in [0, 0.1) is 6.92 Å². The Morgan fingerprint density at radius 2 is 1.83 bits per heavy atom. The molecule has 12 heavy (non-hydrogen) atoms. The molecule has 0 aliphatic rings. The van der Waals surface area contributed by atoms with Gasteiger partial charge >= 0.3 is 5.82 Å². The molecule has 0 fully saturated rings. The van der Waals surface area contributed by atoms with Crippen molar-refractivity contribution >= 4 is 0 Å². The Labute approximate surface area is 69.2 Å². The summed E-state index contributed by atoms with van der Waals surface area (Å²) in [6.45, 7) is 3.19. The molecule has 0 spiro atoms. The molecule has 0 saturated carbocycles. The van der Waals surface area contributed by atoms with Gasteiger partial charge in [0.05, 0.1) is 0 Å². The molecule has 5 heteroatoms. The molecule has 0 saturated heterocycles. The van der Waals surface area contributed by atoms with Crippen LogP contribution in [0.25, 0.3) is 0 Å². The maximum absolute atomic E-state index is 10.2. The van der Waals surface area contributed by atoms with Gasteiger partial charge in [0, 0.05) is 6.61 Å². The van der Waals surface area contributed by atoms with E-state index in [-0.39, 0.29) is 19.0 Å². The van der Waals surface area contributed by atoms with Crippen LogP contribution < -0.4 is 5.82 Å². The third kappa shape index (κ3) is 3.36. The van der Waals surface area contributed by atoms with Crippen LogP contribution in [0.1, 0.15) is 18.4 Å². The largest absolute Gasteiger partial charge is 0.519 e. The fourth-order valence-corrected chi connectivity index (χ4v) is 0.519. The first-order valence-electron chi connectivity index (χ1n) is 3.46. The predicted molar refractivity (Wildman–Crippen MR) is 40.7 cm³/mol. The van der Waals surface area contributed by atoms with Gasteiger partial charge < -0.3 is 19.0 Å². The van der Waals surface area contributed by atoms with Crippen LogP contribution in [0.3, 0.4) is 0 Å². The average Bonchev–Trinajstić information content (AvgIpc) is 2.31. The van der Waals surface area contributed by atoms with Crippen LogP contribution in [0.4, 0.5) is 0 Å². The highest BCUT2D eigenvalue weighted by Crippen LogP contribution is 2.02. The molecule has 0 aromatic carbocycles. The minimum Gasteiger partial charge on any atom is -0.397 e. The lowest BCUT2D eigenvalue weighted by Gasteiger charge is -1.82. The average molecular weight is 176 g/mol. The first kappa shape index (κ1) is 10.9. The van der Waals surface area contributed by atoms with Crippen molar-refractivity contribution in [2.75, 3.05) is 6.61 Å². The highest BCUT2D eigenvalue weighted by molar-refractivity contribution is 4.97. The number of aryl methyl sites for hydroxylation is 1. The van der Waals surface area contributed by atoms with E-state index in [9.17, 15) is 4.79 Å². The van der Waals surface area contributed by atoms with Gasteiger partial charge in [0.25, 0.3) is 0 Å². The lowest BCUT2D eigenvalue weighted by atomic mass is 10.4. The van der Waals surface area contributed by atoms with Crippen molar-refractivity contribution < 1.29 is 19.0 Å². The lowest BCUT2D eigenvalue weighted by molar-refractivity contribution is 0.241. The molecule has 2 N–H and O–H groups in total. The molecule has 1 heterocycles. The van der Waals surface area contributed by atoms with E-state index in [0.717, 1.165) is 0 Å². The van der Waals surface area contributed by atoms with Crippen molar-refractivity contribution in [3.8, 4) is 0 Å². The summed E-state index contributed by atoms with van der Waals surface area (Å²) >= 11 is 0. The Kier molecular flexibility index (Phi) is 5.07. The van der Waals surface area contributed by atoms with Crippen LogP contribution in [0.5, 0.6) is 0 Å². The van der Waals surface area contributed by atoms with Gasteiger partial charge in [-0.3, -0.25) is 0 Å². The van der Waals surface area contributed by atoms with E-state index in [4.69, 9.17) is 10.2 Å². The van der Waals surface area contributed by atoms with Gasteiger partial charge in [0.2, 0.25) is 0 Å². The van der Waals surface area contributed by atoms with Crippen molar-refractivity contribution in [1.29, 1.82) is 0 Å². The molecule has 1 aromatic rings. The summed E-state index contributed by atoms with van der Waals surface area (Å²) in [6.07, 6.45) is 0. The Morgan fingerprint density at radius 1 is 1.33 bits per heavy atom. The monoisotopic (exact) mass is 176 g/mol. The standard InChI is InChI=1S/C5H6O4.C2H6O/c1-3-4(2-6)9-5(7)8-3;1-2-3/h6H,2H2,1H3;3H,2H2,1H3. The van der Waals surface area contributed by atoms with Crippen molar-refractivity contribution in [3.05, 3.63) is 22.1 Å². The van der Waals surface area contributed by atoms with Gasteiger partial charge in [0.1, 0.15) is 12.4 Å². The van der Waals surface area contributed by atoms with E-state index < -0.39 is 5.82 Å². The van der Waals surface area contributed by atoms with Gasteiger partial charge in [-0.25, -0.2) is 4.79 Å². The molecular weight excluding hydrogens is 164 g/mol. The van der Waals surface area contributed by atoms with E-state index >= 15 is 0 Å². The van der Waals surface area contributed by atoms with Gasteiger partial charge in [-0.15, -0.1) is 0 Å². The van der Waals surface area contributed by atoms with Crippen LogP contribution in [-0.4, -0.2) is 16.8 Å². The quantitative estimate of drug-likeness (QED) is 0.630. The van der Waals surface area contributed by atoms with E-state index in [1.54, 1.807) is 13.8 Å². The number of aliphatic hydroxyl groups is 2. The Morgan fingerprint density at radius 3 is 2.00 bits per heavy atom. The fraction of sp³-hybridized carbons (Fsp3) is 0.571. The molecule has 1 aromatic heterocycles. The summed E-state index contributed by atoms with van der Waals surface area (Å²) in [6, 6.07) is 0. The molecule has 1 rings (SSSR count). The van der Waals surface area contributed by atoms with Crippen LogP contribution in [-0.2, 0) is 6.61 Å². The van der Waals surface area contributed by atoms with Crippen LogP contribution in [0.15, 0.2) is 13.6 Å². The molecule has 0 radical (unpaired) electrons. The minimum atomic E-state index is -0.767. The fourth-order valence-electron chi connectivity index (χ4n) is 0.519. The first-order valence-corrected chi connectivity index (χ1v) is 3.46. The molecule has 0 atom stereocenters. The van der Waals surface area contributed by atoms with Crippen molar-refractivity contribution in [2.24, 2.45) is 0 Å². The molecular formula is C7H12O5. The topological polar surface area (TPSA) is 83.8 Å². The summed E-state index contributed by atoms with van der Waals surface area (Å²) in [5.41, 5.74) is 0. The normalized spacial score (nSPS) is 9.00. The lowest BCUT2D eigenvalue weighted by Crippen LogP contribution is -1.86.